The minimum absolute atomic E-state index is 0.0923. The maximum atomic E-state index is 13.0. The summed E-state index contributed by atoms with van der Waals surface area (Å²) in [5.41, 5.74) is 1.90. The average Bonchev–Trinajstić information content (AvgIpc) is 3.36. The van der Waals surface area contributed by atoms with E-state index in [2.05, 4.69) is 29.2 Å². The van der Waals surface area contributed by atoms with E-state index in [1.807, 2.05) is 35.2 Å². The molecule has 0 radical (unpaired) electrons. The summed E-state index contributed by atoms with van der Waals surface area (Å²) >= 11 is 0. The normalized spacial score (nSPS) is 14.3. The molecule has 0 aliphatic carbocycles. The van der Waals surface area contributed by atoms with Crippen LogP contribution in [0.1, 0.15) is 28.1 Å². The fourth-order valence-electron chi connectivity index (χ4n) is 3.99. The monoisotopic (exact) mass is 431 g/mol. The first-order valence-corrected chi connectivity index (χ1v) is 11.1. The number of carbonyl (C=O) groups excluding carboxylic acids is 2. The summed E-state index contributed by atoms with van der Waals surface area (Å²) in [5.74, 6) is 0.702. The average molecular weight is 432 g/mol. The van der Waals surface area contributed by atoms with Crippen molar-refractivity contribution in [1.29, 1.82) is 0 Å². The van der Waals surface area contributed by atoms with E-state index in [4.69, 9.17) is 4.42 Å². The Labute approximate surface area is 189 Å². The molecule has 2 amide bonds. The van der Waals surface area contributed by atoms with Crippen molar-refractivity contribution >= 4 is 11.8 Å². The van der Waals surface area contributed by atoms with Crippen molar-refractivity contribution in [2.45, 2.75) is 19.5 Å². The second kappa shape index (κ2) is 10.8. The first kappa shape index (κ1) is 21.8. The van der Waals surface area contributed by atoms with Gasteiger partial charge < -0.3 is 14.2 Å². The Morgan fingerprint density at radius 1 is 0.844 bits per heavy atom. The molecule has 2 aromatic carbocycles. The van der Waals surface area contributed by atoms with Gasteiger partial charge in [0.2, 0.25) is 5.91 Å². The smallest absolute Gasteiger partial charge is 0.254 e. The highest BCUT2D eigenvalue weighted by atomic mass is 16.3. The molecule has 0 bridgehead atoms. The molecule has 4 rings (SSSR count). The van der Waals surface area contributed by atoms with Crippen LogP contribution in [0.15, 0.2) is 83.5 Å². The van der Waals surface area contributed by atoms with Gasteiger partial charge in [-0.25, -0.2) is 0 Å². The molecule has 1 aliphatic heterocycles. The Bertz CT molecular complexity index is 982. The third kappa shape index (κ3) is 5.86. The Hall–Kier alpha value is -3.38. The SMILES string of the molecule is O=C(CCN(Cc1ccco1)C(=O)c1ccccc1)N1CCN(Cc2ccccc2)CC1. The van der Waals surface area contributed by atoms with Gasteiger partial charge in [0.15, 0.2) is 0 Å². The molecule has 0 atom stereocenters. The minimum Gasteiger partial charge on any atom is -0.467 e. The van der Waals surface area contributed by atoms with Crippen LogP contribution in [0.25, 0.3) is 0 Å². The van der Waals surface area contributed by atoms with Gasteiger partial charge in [-0.2, -0.15) is 0 Å². The fourth-order valence-corrected chi connectivity index (χ4v) is 3.99. The Kier molecular flexibility index (Phi) is 7.35. The second-order valence-corrected chi connectivity index (χ2v) is 8.06. The van der Waals surface area contributed by atoms with Gasteiger partial charge in [-0.05, 0) is 29.8 Å². The number of furan rings is 1. The summed E-state index contributed by atoms with van der Waals surface area (Å²) in [6.07, 6.45) is 1.90. The molecule has 0 unspecified atom stereocenters. The summed E-state index contributed by atoms with van der Waals surface area (Å²) < 4.78 is 5.44. The molecule has 1 aliphatic rings. The van der Waals surface area contributed by atoms with Crippen LogP contribution in [0.2, 0.25) is 0 Å². The molecule has 0 N–H and O–H groups in total. The van der Waals surface area contributed by atoms with E-state index < -0.39 is 0 Å². The molecule has 2 heterocycles. The van der Waals surface area contributed by atoms with Gasteiger partial charge in [0, 0.05) is 51.3 Å². The van der Waals surface area contributed by atoms with Crippen molar-refractivity contribution in [1.82, 2.24) is 14.7 Å². The maximum absolute atomic E-state index is 13.0. The lowest BCUT2D eigenvalue weighted by Gasteiger charge is -2.35. The summed E-state index contributed by atoms with van der Waals surface area (Å²) in [6, 6.07) is 23.2. The topological polar surface area (TPSA) is 57.0 Å². The zero-order valence-electron chi connectivity index (χ0n) is 18.2. The van der Waals surface area contributed by atoms with Crippen LogP contribution in [0.4, 0.5) is 0 Å². The summed E-state index contributed by atoms with van der Waals surface area (Å²) in [6.45, 7) is 4.77. The molecule has 6 heteroatoms. The summed E-state index contributed by atoms with van der Waals surface area (Å²) in [5, 5.41) is 0. The fraction of sp³-hybridized carbons (Fsp3) is 0.308. The predicted molar refractivity (Wildman–Crippen MR) is 123 cm³/mol. The van der Waals surface area contributed by atoms with Crippen molar-refractivity contribution in [3.8, 4) is 0 Å². The zero-order chi connectivity index (χ0) is 22.2. The third-order valence-electron chi connectivity index (χ3n) is 5.80. The van der Waals surface area contributed by atoms with Gasteiger partial charge in [0.1, 0.15) is 5.76 Å². The van der Waals surface area contributed by atoms with Gasteiger partial charge in [-0.1, -0.05) is 48.5 Å². The number of piperazine rings is 1. The number of benzene rings is 2. The lowest BCUT2D eigenvalue weighted by Crippen LogP contribution is -2.49. The zero-order valence-corrected chi connectivity index (χ0v) is 18.2. The van der Waals surface area contributed by atoms with E-state index in [0.717, 1.165) is 32.7 Å². The predicted octanol–water partition coefficient (Wildman–Crippen LogP) is 3.66. The first-order valence-electron chi connectivity index (χ1n) is 11.1. The number of rotatable bonds is 8. The van der Waals surface area contributed by atoms with Gasteiger partial charge in [-0.3, -0.25) is 14.5 Å². The molecule has 166 valence electrons. The number of hydrogen-bond donors (Lipinski definition) is 0. The highest BCUT2D eigenvalue weighted by Crippen LogP contribution is 2.13. The van der Waals surface area contributed by atoms with E-state index in [0.29, 0.717) is 30.8 Å². The van der Waals surface area contributed by atoms with Crippen LogP contribution in [0, 0.1) is 0 Å². The molecule has 0 spiro atoms. The first-order chi connectivity index (χ1) is 15.7. The highest BCUT2D eigenvalue weighted by Gasteiger charge is 2.23. The summed E-state index contributed by atoms with van der Waals surface area (Å²) in [7, 11) is 0. The van der Waals surface area contributed by atoms with E-state index in [1.54, 1.807) is 29.4 Å². The Morgan fingerprint density at radius 2 is 1.53 bits per heavy atom. The van der Waals surface area contributed by atoms with Crippen LogP contribution in [-0.4, -0.2) is 59.2 Å². The highest BCUT2D eigenvalue weighted by molar-refractivity contribution is 5.94. The number of amides is 2. The van der Waals surface area contributed by atoms with E-state index >= 15 is 0 Å². The van der Waals surface area contributed by atoms with E-state index in [1.165, 1.54) is 5.56 Å². The van der Waals surface area contributed by atoms with Crippen molar-refractivity contribution < 1.29 is 14.0 Å². The molecular weight excluding hydrogens is 402 g/mol. The van der Waals surface area contributed by atoms with Crippen molar-refractivity contribution in [2.75, 3.05) is 32.7 Å². The number of hydrogen-bond acceptors (Lipinski definition) is 4. The second-order valence-electron chi connectivity index (χ2n) is 8.06. The molecular formula is C26H29N3O3. The molecule has 3 aromatic rings. The molecule has 0 saturated carbocycles. The molecule has 6 nitrogen and oxygen atoms in total. The number of carbonyl (C=O) groups is 2. The van der Waals surface area contributed by atoms with Gasteiger partial charge in [-0.15, -0.1) is 0 Å². The quantitative estimate of drug-likeness (QED) is 0.546. The lowest BCUT2D eigenvalue weighted by atomic mass is 10.1. The van der Waals surface area contributed by atoms with Crippen molar-refractivity contribution in [3.63, 3.8) is 0 Å². The van der Waals surface area contributed by atoms with E-state index in [-0.39, 0.29) is 11.8 Å². The molecule has 32 heavy (non-hydrogen) atoms. The molecule has 1 aromatic heterocycles. The van der Waals surface area contributed by atoms with Crippen molar-refractivity contribution in [2.24, 2.45) is 0 Å². The van der Waals surface area contributed by atoms with Crippen LogP contribution < -0.4 is 0 Å². The summed E-state index contributed by atoms with van der Waals surface area (Å²) in [4.78, 5) is 31.9. The van der Waals surface area contributed by atoms with E-state index in [9.17, 15) is 9.59 Å². The standard InChI is InChI=1S/C26H29N3O3/c30-25(28-17-15-27(16-18-28)20-22-8-3-1-4-9-22)13-14-29(21-24-12-7-19-32-24)26(31)23-10-5-2-6-11-23/h1-12,19H,13-18,20-21H2. The van der Waals surface area contributed by atoms with Crippen LogP contribution in [0.3, 0.4) is 0 Å². The van der Waals surface area contributed by atoms with Gasteiger partial charge in [0.05, 0.1) is 12.8 Å². The van der Waals surface area contributed by atoms with Gasteiger partial charge >= 0.3 is 0 Å². The number of nitrogens with zero attached hydrogens (tertiary/aromatic N) is 3. The maximum Gasteiger partial charge on any atom is 0.254 e. The van der Waals surface area contributed by atoms with Crippen LogP contribution in [-0.2, 0) is 17.9 Å². The molecule has 1 saturated heterocycles. The Balaban J connectivity index is 1.30. The largest absolute Gasteiger partial charge is 0.467 e. The Morgan fingerprint density at radius 3 is 2.19 bits per heavy atom. The minimum atomic E-state index is -0.0949. The third-order valence-corrected chi connectivity index (χ3v) is 5.80. The molecule has 1 fully saturated rings. The lowest BCUT2D eigenvalue weighted by molar-refractivity contribution is -0.133. The van der Waals surface area contributed by atoms with Crippen LogP contribution >= 0.6 is 0 Å². The van der Waals surface area contributed by atoms with Crippen molar-refractivity contribution in [3.05, 3.63) is 95.9 Å². The van der Waals surface area contributed by atoms with Gasteiger partial charge in [0.25, 0.3) is 5.91 Å². The van der Waals surface area contributed by atoms with Crippen LogP contribution in [0.5, 0.6) is 0 Å².